The standard InChI is InChI=1S/C18H22N4O3/c23-16(11-15-3-1-9-24-15)22-8-5-18(13-22)12-14(4-10-25-18)21-17-19-6-2-7-20-17/h1-3,6-7,9,14H,4-5,8,10-13H2,(H,19,20,21)/t14-,18-/m0/s1. The van der Waals surface area contributed by atoms with Crippen LogP contribution in [0.2, 0.25) is 0 Å². The summed E-state index contributed by atoms with van der Waals surface area (Å²) in [6.45, 7) is 2.05. The number of anilines is 1. The maximum absolute atomic E-state index is 12.5. The van der Waals surface area contributed by atoms with E-state index in [0.717, 1.165) is 25.8 Å². The van der Waals surface area contributed by atoms with Crippen molar-refractivity contribution in [3.8, 4) is 0 Å². The number of nitrogens with one attached hydrogen (secondary N) is 1. The molecule has 7 heteroatoms. The van der Waals surface area contributed by atoms with Crippen LogP contribution in [0.4, 0.5) is 5.95 Å². The molecule has 0 bridgehead atoms. The van der Waals surface area contributed by atoms with Crippen LogP contribution in [0.25, 0.3) is 0 Å². The zero-order valence-electron chi connectivity index (χ0n) is 14.1. The molecule has 2 atom stereocenters. The van der Waals surface area contributed by atoms with Crippen LogP contribution in [0.1, 0.15) is 25.0 Å². The molecular formula is C18H22N4O3. The summed E-state index contributed by atoms with van der Waals surface area (Å²) in [6.07, 6.45) is 8.01. The van der Waals surface area contributed by atoms with E-state index in [1.807, 2.05) is 11.0 Å². The Morgan fingerprint density at radius 3 is 3.04 bits per heavy atom. The number of carbonyl (C=O) groups is 1. The molecule has 2 saturated heterocycles. The minimum atomic E-state index is -0.260. The Morgan fingerprint density at radius 2 is 2.24 bits per heavy atom. The summed E-state index contributed by atoms with van der Waals surface area (Å²) in [5, 5.41) is 3.39. The van der Waals surface area contributed by atoms with Crippen molar-refractivity contribution in [2.75, 3.05) is 25.0 Å². The van der Waals surface area contributed by atoms with Crippen molar-refractivity contribution in [2.45, 2.75) is 37.3 Å². The SMILES string of the molecule is O=C(Cc1ccco1)N1CC[C@]2(C[C@@H](Nc3ncccn3)CCO2)C1. The molecule has 4 rings (SSSR count). The van der Waals surface area contributed by atoms with Crippen LogP contribution >= 0.6 is 0 Å². The molecule has 0 aromatic carbocycles. The number of likely N-dealkylation sites (tertiary alicyclic amines) is 1. The lowest BCUT2D eigenvalue weighted by atomic mass is 9.89. The Hall–Kier alpha value is -2.41. The maximum atomic E-state index is 12.5. The third kappa shape index (κ3) is 3.66. The maximum Gasteiger partial charge on any atom is 0.230 e. The first-order chi connectivity index (χ1) is 12.2. The minimum absolute atomic E-state index is 0.0944. The van der Waals surface area contributed by atoms with E-state index in [1.54, 1.807) is 30.8 Å². The summed E-state index contributed by atoms with van der Waals surface area (Å²) in [5.74, 6) is 1.45. The van der Waals surface area contributed by atoms with E-state index in [1.165, 1.54) is 0 Å². The van der Waals surface area contributed by atoms with Crippen molar-refractivity contribution in [2.24, 2.45) is 0 Å². The van der Waals surface area contributed by atoms with Crippen LogP contribution in [-0.4, -0.2) is 52.1 Å². The molecule has 0 saturated carbocycles. The van der Waals surface area contributed by atoms with Gasteiger partial charge in [-0.1, -0.05) is 0 Å². The number of aromatic nitrogens is 2. The molecule has 0 unspecified atom stereocenters. The van der Waals surface area contributed by atoms with Gasteiger partial charge in [-0.15, -0.1) is 0 Å². The molecule has 1 spiro atoms. The van der Waals surface area contributed by atoms with Crippen molar-refractivity contribution in [1.82, 2.24) is 14.9 Å². The Balaban J connectivity index is 1.36. The second-order valence-electron chi connectivity index (χ2n) is 6.76. The lowest BCUT2D eigenvalue weighted by Crippen LogP contribution is -2.47. The van der Waals surface area contributed by atoms with Gasteiger partial charge in [0.2, 0.25) is 11.9 Å². The number of ether oxygens (including phenoxy) is 1. The van der Waals surface area contributed by atoms with Crippen LogP contribution in [0.3, 0.4) is 0 Å². The zero-order valence-corrected chi connectivity index (χ0v) is 14.1. The van der Waals surface area contributed by atoms with Crippen molar-refractivity contribution in [3.63, 3.8) is 0 Å². The molecule has 2 aliphatic rings. The first kappa shape index (κ1) is 16.1. The second kappa shape index (κ2) is 6.84. The minimum Gasteiger partial charge on any atom is -0.469 e. The van der Waals surface area contributed by atoms with Gasteiger partial charge < -0.3 is 19.4 Å². The second-order valence-corrected chi connectivity index (χ2v) is 6.76. The molecule has 2 aromatic rings. The molecule has 2 fully saturated rings. The van der Waals surface area contributed by atoms with Gasteiger partial charge in [-0.3, -0.25) is 4.79 Å². The van der Waals surface area contributed by atoms with Gasteiger partial charge in [-0.25, -0.2) is 9.97 Å². The molecule has 2 aliphatic heterocycles. The summed E-state index contributed by atoms with van der Waals surface area (Å²) in [5.41, 5.74) is -0.260. The van der Waals surface area contributed by atoms with E-state index in [9.17, 15) is 4.79 Å². The van der Waals surface area contributed by atoms with E-state index in [2.05, 4.69) is 15.3 Å². The van der Waals surface area contributed by atoms with E-state index < -0.39 is 0 Å². The Bertz CT molecular complexity index is 706. The summed E-state index contributed by atoms with van der Waals surface area (Å²) in [6, 6.07) is 5.70. The first-order valence-electron chi connectivity index (χ1n) is 8.70. The highest BCUT2D eigenvalue weighted by molar-refractivity contribution is 5.78. The third-order valence-electron chi connectivity index (χ3n) is 4.97. The Kier molecular flexibility index (Phi) is 4.40. The first-order valence-corrected chi connectivity index (χ1v) is 8.70. The summed E-state index contributed by atoms with van der Waals surface area (Å²) in [4.78, 5) is 22.8. The number of rotatable bonds is 4. The van der Waals surface area contributed by atoms with Gasteiger partial charge in [0, 0.05) is 38.1 Å². The van der Waals surface area contributed by atoms with Gasteiger partial charge in [0.05, 0.1) is 18.3 Å². The zero-order chi connectivity index (χ0) is 17.1. The Morgan fingerprint density at radius 1 is 1.36 bits per heavy atom. The van der Waals surface area contributed by atoms with Crippen LogP contribution in [0, 0.1) is 0 Å². The van der Waals surface area contributed by atoms with Crippen LogP contribution in [-0.2, 0) is 16.0 Å². The predicted octanol–water partition coefficient (Wildman–Crippen LogP) is 1.87. The smallest absolute Gasteiger partial charge is 0.230 e. The lowest BCUT2D eigenvalue weighted by Gasteiger charge is -2.38. The normalized spacial score (nSPS) is 26.1. The predicted molar refractivity (Wildman–Crippen MR) is 91.0 cm³/mol. The molecule has 25 heavy (non-hydrogen) atoms. The van der Waals surface area contributed by atoms with Crippen LogP contribution in [0.5, 0.6) is 0 Å². The fourth-order valence-corrected chi connectivity index (χ4v) is 3.72. The van der Waals surface area contributed by atoms with Gasteiger partial charge >= 0.3 is 0 Å². The van der Waals surface area contributed by atoms with Gasteiger partial charge in [0.15, 0.2) is 0 Å². The highest BCUT2D eigenvalue weighted by Gasteiger charge is 2.44. The molecule has 0 aliphatic carbocycles. The largest absolute Gasteiger partial charge is 0.469 e. The van der Waals surface area contributed by atoms with Crippen LogP contribution < -0.4 is 5.32 Å². The molecule has 1 amide bonds. The number of carbonyl (C=O) groups excluding carboxylic acids is 1. The molecule has 0 radical (unpaired) electrons. The van der Waals surface area contributed by atoms with Gasteiger partial charge in [-0.2, -0.15) is 0 Å². The number of amides is 1. The molecule has 7 nitrogen and oxygen atoms in total. The summed E-state index contributed by atoms with van der Waals surface area (Å²) in [7, 11) is 0. The number of nitrogens with zero attached hydrogens (tertiary/aromatic N) is 3. The van der Waals surface area contributed by atoms with E-state index in [0.29, 0.717) is 31.3 Å². The quantitative estimate of drug-likeness (QED) is 0.914. The van der Waals surface area contributed by atoms with Gasteiger partial charge in [-0.05, 0) is 37.5 Å². The molecule has 1 N–H and O–H groups in total. The van der Waals surface area contributed by atoms with Crippen molar-refractivity contribution >= 4 is 11.9 Å². The summed E-state index contributed by atoms with van der Waals surface area (Å²) >= 11 is 0. The van der Waals surface area contributed by atoms with Gasteiger partial charge in [0.25, 0.3) is 0 Å². The molecular weight excluding hydrogens is 320 g/mol. The van der Waals surface area contributed by atoms with E-state index in [4.69, 9.17) is 9.15 Å². The Labute approximate surface area is 146 Å². The topological polar surface area (TPSA) is 80.5 Å². The highest BCUT2D eigenvalue weighted by Crippen LogP contribution is 2.35. The molecule has 4 heterocycles. The number of hydrogen-bond donors (Lipinski definition) is 1. The highest BCUT2D eigenvalue weighted by atomic mass is 16.5. The summed E-state index contributed by atoms with van der Waals surface area (Å²) < 4.78 is 11.4. The number of hydrogen-bond acceptors (Lipinski definition) is 6. The fourth-order valence-electron chi connectivity index (χ4n) is 3.72. The van der Waals surface area contributed by atoms with Crippen molar-refractivity contribution in [3.05, 3.63) is 42.6 Å². The average molecular weight is 342 g/mol. The van der Waals surface area contributed by atoms with Crippen LogP contribution in [0.15, 0.2) is 41.3 Å². The monoisotopic (exact) mass is 342 g/mol. The number of furan rings is 1. The van der Waals surface area contributed by atoms with Gasteiger partial charge in [0.1, 0.15) is 5.76 Å². The van der Waals surface area contributed by atoms with Crippen molar-refractivity contribution in [1.29, 1.82) is 0 Å². The average Bonchev–Trinajstić information content (AvgIpc) is 3.26. The molecule has 132 valence electrons. The van der Waals surface area contributed by atoms with Crippen molar-refractivity contribution < 1.29 is 13.9 Å². The third-order valence-corrected chi connectivity index (χ3v) is 4.97. The van der Waals surface area contributed by atoms with E-state index >= 15 is 0 Å². The fraction of sp³-hybridized carbons (Fsp3) is 0.500. The molecule has 2 aromatic heterocycles. The van der Waals surface area contributed by atoms with E-state index in [-0.39, 0.29) is 17.6 Å². The lowest BCUT2D eigenvalue weighted by molar-refractivity contribution is -0.132.